The van der Waals surface area contributed by atoms with Crippen LogP contribution in [0.2, 0.25) is 0 Å². The van der Waals surface area contributed by atoms with E-state index in [4.69, 9.17) is 4.74 Å². The maximum absolute atomic E-state index is 13.5. The smallest absolute Gasteiger partial charge is 0.417 e. The van der Waals surface area contributed by atoms with Gasteiger partial charge in [0.2, 0.25) is 5.91 Å². The number of esters is 1. The quantitative estimate of drug-likeness (QED) is 0.430. The maximum Gasteiger partial charge on any atom is 0.417 e. The summed E-state index contributed by atoms with van der Waals surface area (Å²) in [6.07, 6.45) is -2.53. The van der Waals surface area contributed by atoms with Gasteiger partial charge in [-0.2, -0.15) is 13.2 Å². The number of carbonyl (C=O) groups excluding carboxylic acids is 2. The summed E-state index contributed by atoms with van der Waals surface area (Å²) in [6, 6.07) is 10.8. The van der Waals surface area contributed by atoms with Gasteiger partial charge in [-0.1, -0.05) is 30.3 Å². The first kappa shape index (κ1) is 26.7. The van der Waals surface area contributed by atoms with Crippen molar-refractivity contribution in [2.75, 3.05) is 13.2 Å². The number of rotatable bonds is 5. The van der Waals surface area contributed by atoms with Gasteiger partial charge in [0.05, 0.1) is 17.5 Å². The molecule has 5 rings (SSSR count). The molecule has 3 aromatic rings. The van der Waals surface area contributed by atoms with Gasteiger partial charge < -0.3 is 20.4 Å². The van der Waals surface area contributed by atoms with Crippen LogP contribution in [0.1, 0.15) is 36.3 Å². The van der Waals surface area contributed by atoms with Crippen molar-refractivity contribution in [2.45, 2.75) is 43.4 Å². The van der Waals surface area contributed by atoms with Crippen molar-refractivity contribution in [1.29, 1.82) is 0 Å². The van der Waals surface area contributed by atoms with Crippen LogP contribution >= 0.6 is 12.4 Å². The van der Waals surface area contributed by atoms with Gasteiger partial charge in [-0.15, -0.1) is 12.4 Å². The summed E-state index contributed by atoms with van der Waals surface area (Å²) in [5.41, 5.74) is -0.830. The van der Waals surface area contributed by atoms with Crippen LogP contribution < -0.4 is 16.2 Å². The molecule has 0 aliphatic carbocycles. The normalized spacial score (nSPS) is 21.5. The average molecular weight is 536 g/mol. The topological polar surface area (TPSA) is 100 Å². The molecule has 0 saturated carbocycles. The standard InChI is InChI=1S/C26H24F3N3O4.ClH/c27-26(28,29)20-5-2-1-4-17(20)22-11-15-8-7-14(10-18(15)24(34)32-22)19-12-16(31-23(19)33)13-36-25(35)21-6-3-9-30-21;/h1-2,4-5,7-8,10-11,16,19,21,30H,3,6,9,12-13H2,(H,31,33)(H,32,34);1H/t16?,19-,21+;/m1./s1. The van der Waals surface area contributed by atoms with Crippen LogP contribution in [0.25, 0.3) is 22.0 Å². The summed E-state index contributed by atoms with van der Waals surface area (Å²) in [5.74, 6) is -1.10. The number of nitrogens with one attached hydrogen (secondary N) is 3. The SMILES string of the molecule is Cl.O=C(OCC1C[C@H](c2ccc3cc(-c4ccccc4C(F)(F)F)[nH]c(=O)c3c2)C(=O)N1)[C@@H]1CCCN1. The van der Waals surface area contributed by atoms with Gasteiger partial charge in [-0.25, -0.2) is 0 Å². The minimum absolute atomic E-state index is 0. The van der Waals surface area contributed by atoms with Crippen LogP contribution in [0.3, 0.4) is 0 Å². The van der Waals surface area contributed by atoms with Crippen LogP contribution in [0.4, 0.5) is 13.2 Å². The molecule has 196 valence electrons. The van der Waals surface area contributed by atoms with Crippen molar-refractivity contribution >= 4 is 35.1 Å². The van der Waals surface area contributed by atoms with E-state index in [1.807, 2.05) is 0 Å². The predicted octanol–water partition coefficient (Wildman–Crippen LogP) is 3.90. The summed E-state index contributed by atoms with van der Waals surface area (Å²) < 4.78 is 45.7. The Kier molecular flexibility index (Phi) is 7.61. The van der Waals surface area contributed by atoms with E-state index in [1.54, 1.807) is 18.2 Å². The summed E-state index contributed by atoms with van der Waals surface area (Å²) in [5, 5.41) is 6.64. The Morgan fingerprint density at radius 2 is 1.86 bits per heavy atom. The molecular formula is C26H25ClF3N3O4. The fourth-order valence-corrected chi connectivity index (χ4v) is 4.92. The predicted molar refractivity (Wildman–Crippen MR) is 134 cm³/mol. The van der Waals surface area contributed by atoms with E-state index in [1.165, 1.54) is 24.3 Å². The molecule has 0 bridgehead atoms. The molecule has 2 aromatic carbocycles. The molecule has 3 N–H and O–H groups in total. The molecule has 2 saturated heterocycles. The molecule has 0 radical (unpaired) electrons. The zero-order valence-electron chi connectivity index (χ0n) is 19.6. The van der Waals surface area contributed by atoms with E-state index in [9.17, 15) is 27.6 Å². The Labute approximate surface area is 216 Å². The fraction of sp³-hybridized carbons (Fsp3) is 0.346. The minimum atomic E-state index is -4.57. The third kappa shape index (κ3) is 5.50. The Balaban J connectivity index is 0.00000320. The fourth-order valence-electron chi connectivity index (χ4n) is 4.92. The Hall–Kier alpha value is -3.37. The number of amides is 1. The number of benzene rings is 2. The molecule has 3 atom stereocenters. The largest absolute Gasteiger partial charge is 0.462 e. The van der Waals surface area contributed by atoms with Crippen LogP contribution in [0, 0.1) is 0 Å². The van der Waals surface area contributed by atoms with Crippen LogP contribution in [0.15, 0.2) is 53.3 Å². The first-order valence-corrected chi connectivity index (χ1v) is 11.7. The van der Waals surface area contributed by atoms with E-state index in [0.717, 1.165) is 25.5 Å². The number of pyridine rings is 1. The zero-order valence-corrected chi connectivity index (χ0v) is 20.4. The number of fused-ring (bicyclic) bond motifs is 1. The lowest BCUT2D eigenvalue weighted by Crippen LogP contribution is -2.36. The third-order valence-electron chi connectivity index (χ3n) is 6.75. The molecule has 11 heteroatoms. The van der Waals surface area contributed by atoms with Crippen molar-refractivity contribution in [2.24, 2.45) is 0 Å². The third-order valence-corrected chi connectivity index (χ3v) is 6.75. The van der Waals surface area contributed by atoms with Gasteiger partial charge in [-0.05, 0) is 55.0 Å². The van der Waals surface area contributed by atoms with E-state index in [2.05, 4.69) is 15.6 Å². The van der Waals surface area contributed by atoms with E-state index >= 15 is 0 Å². The second-order valence-corrected chi connectivity index (χ2v) is 9.17. The highest BCUT2D eigenvalue weighted by atomic mass is 35.5. The van der Waals surface area contributed by atoms with Crippen LogP contribution in [-0.4, -0.2) is 42.1 Å². The minimum Gasteiger partial charge on any atom is -0.462 e. The van der Waals surface area contributed by atoms with Crippen LogP contribution in [0.5, 0.6) is 0 Å². The highest BCUT2D eigenvalue weighted by molar-refractivity contribution is 5.90. The van der Waals surface area contributed by atoms with Gasteiger partial charge in [-0.3, -0.25) is 14.4 Å². The second kappa shape index (κ2) is 10.5. The summed E-state index contributed by atoms with van der Waals surface area (Å²) in [4.78, 5) is 40.2. The second-order valence-electron chi connectivity index (χ2n) is 9.17. The number of aromatic amines is 1. The molecule has 2 fully saturated rings. The number of hydrogen-bond acceptors (Lipinski definition) is 5. The number of hydrogen-bond donors (Lipinski definition) is 3. The van der Waals surface area contributed by atoms with Crippen molar-refractivity contribution in [3.8, 4) is 11.3 Å². The lowest BCUT2D eigenvalue weighted by molar-refractivity contribution is -0.146. The van der Waals surface area contributed by atoms with Gasteiger partial charge in [0.25, 0.3) is 5.56 Å². The van der Waals surface area contributed by atoms with Crippen LogP contribution in [-0.2, 0) is 20.5 Å². The van der Waals surface area contributed by atoms with Crippen molar-refractivity contribution in [3.63, 3.8) is 0 Å². The number of alkyl halides is 3. The molecule has 7 nitrogen and oxygen atoms in total. The zero-order chi connectivity index (χ0) is 25.4. The molecule has 2 aliphatic heterocycles. The summed E-state index contributed by atoms with van der Waals surface area (Å²) in [7, 11) is 0. The van der Waals surface area contributed by atoms with Crippen molar-refractivity contribution < 1.29 is 27.5 Å². The molecule has 3 heterocycles. The molecule has 37 heavy (non-hydrogen) atoms. The molecule has 1 unspecified atom stereocenters. The van der Waals surface area contributed by atoms with Gasteiger partial charge in [0.1, 0.15) is 12.6 Å². The molecule has 2 aliphatic rings. The Morgan fingerprint density at radius 3 is 2.59 bits per heavy atom. The van der Waals surface area contributed by atoms with Gasteiger partial charge in [0, 0.05) is 16.6 Å². The van der Waals surface area contributed by atoms with Gasteiger partial charge >= 0.3 is 12.1 Å². The molecule has 1 aromatic heterocycles. The van der Waals surface area contributed by atoms with Crippen molar-refractivity contribution in [1.82, 2.24) is 15.6 Å². The lowest BCUT2D eigenvalue weighted by atomic mass is 9.93. The molecule has 1 amide bonds. The van der Waals surface area contributed by atoms with Crippen molar-refractivity contribution in [3.05, 3.63) is 70.0 Å². The highest BCUT2D eigenvalue weighted by Gasteiger charge is 2.35. The van der Waals surface area contributed by atoms with Gasteiger partial charge in [0.15, 0.2) is 0 Å². The molecule has 0 spiro atoms. The number of halogens is 4. The highest BCUT2D eigenvalue weighted by Crippen LogP contribution is 2.37. The number of carbonyl (C=O) groups is 2. The average Bonchev–Trinajstić information content (AvgIpc) is 3.52. The first-order valence-electron chi connectivity index (χ1n) is 11.7. The van der Waals surface area contributed by atoms with E-state index < -0.39 is 23.2 Å². The lowest BCUT2D eigenvalue weighted by Gasteiger charge is -2.14. The number of H-pyrrole nitrogens is 1. The summed E-state index contributed by atoms with van der Waals surface area (Å²) >= 11 is 0. The number of aromatic nitrogens is 1. The summed E-state index contributed by atoms with van der Waals surface area (Å²) in [6.45, 7) is 0.842. The maximum atomic E-state index is 13.5. The monoisotopic (exact) mass is 535 g/mol. The Bertz CT molecular complexity index is 1390. The van der Waals surface area contributed by atoms with E-state index in [0.29, 0.717) is 17.4 Å². The first-order chi connectivity index (χ1) is 17.2. The molecular weight excluding hydrogens is 511 g/mol. The number of ether oxygens (including phenoxy) is 1. The Morgan fingerprint density at radius 1 is 1.08 bits per heavy atom. The van der Waals surface area contributed by atoms with E-state index in [-0.39, 0.29) is 59.6 Å².